The summed E-state index contributed by atoms with van der Waals surface area (Å²) in [6.07, 6.45) is 5.42. The van der Waals surface area contributed by atoms with E-state index < -0.39 is 27.7 Å². The van der Waals surface area contributed by atoms with Gasteiger partial charge in [-0.2, -0.15) is 4.31 Å². The Kier molecular flexibility index (Phi) is 6.30. The molecular weight excluding hydrogens is 384 g/mol. The number of carbonyl (C=O) groups excluding carboxylic acids is 3. The van der Waals surface area contributed by atoms with Gasteiger partial charge in [-0.15, -0.1) is 0 Å². The van der Waals surface area contributed by atoms with Gasteiger partial charge in [0.25, 0.3) is 5.91 Å². The van der Waals surface area contributed by atoms with Crippen LogP contribution >= 0.6 is 0 Å². The molecule has 3 amide bonds. The molecular formula is C18H24N4O5S. The van der Waals surface area contributed by atoms with Crippen molar-refractivity contribution in [2.75, 3.05) is 13.1 Å². The Morgan fingerprint density at radius 3 is 2.04 bits per heavy atom. The molecule has 0 radical (unpaired) electrons. The molecule has 1 aromatic carbocycles. The van der Waals surface area contributed by atoms with Crippen molar-refractivity contribution in [3.63, 3.8) is 0 Å². The molecule has 1 aliphatic carbocycles. The maximum Gasteiger partial charge on any atom is 0.327 e. The van der Waals surface area contributed by atoms with Crippen molar-refractivity contribution in [1.29, 1.82) is 0 Å². The van der Waals surface area contributed by atoms with Gasteiger partial charge in [0.15, 0.2) is 0 Å². The zero-order valence-corrected chi connectivity index (χ0v) is 16.3. The summed E-state index contributed by atoms with van der Waals surface area (Å²) in [6.45, 7) is 0.999. The summed E-state index contributed by atoms with van der Waals surface area (Å²) >= 11 is 0. The minimum Gasteiger partial charge on any atom is -0.345 e. The van der Waals surface area contributed by atoms with Crippen molar-refractivity contribution in [3.8, 4) is 0 Å². The highest BCUT2D eigenvalue weighted by Gasteiger charge is 2.27. The van der Waals surface area contributed by atoms with E-state index in [1.54, 1.807) is 0 Å². The van der Waals surface area contributed by atoms with Crippen LogP contribution in [0.1, 0.15) is 48.9 Å². The molecule has 1 aromatic rings. The molecule has 1 saturated carbocycles. The zero-order valence-electron chi connectivity index (χ0n) is 15.4. The summed E-state index contributed by atoms with van der Waals surface area (Å²) in [5, 5.41) is 2.50. The van der Waals surface area contributed by atoms with Crippen LogP contribution in [-0.2, 0) is 19.6 Å². The second-order valence-corrected chi connectivity index (χ2v) is 8.94. The number of sulfonamides is 1. The SMILES string of the molecule is O=C(NNC(=O)c1ccc(S(=O)(=O)N2CCCCCC2)cc1)C(=O)NC1CC1. The average molecular weight is 408 g/mol. The van der Waals surface area contributed by atoms with E-state index in [0.717, 1.165) is 38.5 Å². The van der Waals surface area contributed by atoms with E-state index in [1.807, 2.05) is 5.43 Å². The second kappa shape index (κ2) is 8.70. The van der Waals surface area contributed by atoms with Crippen LogP contribution in [0.5, 0.6) is 0 Å². The molecule has 0 aromatic heterocycles. The molecule has 3 N–H and O–H groups in total. The van der Waals surface area contributed by atoms with Crippen LogP contribution in [0, 0.1) is 0 Å². The van der Waals surface area contributed by atoms with Crippen LogP contribution in [0.2, 0.25) is 0 Å². The quantitative estimate of drug-likeness (QED) is 0.488. The first-order valence-electron chi connectivity index (χ1n) is 9.39. The lowest BCUT2D eigenvalue weighted by molar-refractivity contribution is -0.139. The average Bonchev–Trinajstić information content (AvgIpc) is 3.52. The molecule has 1 heterocycles. The molecule has 0 spiro atoms. The molecule has 2 fully saturated rings. The van der Waals surface area contributed by atoms with E-state index in [0.29, 0.717) is 13.1 Å². The lowest BCUT2D eigenvalue weighted by atomic mass is 10.2. The third kappa shape index (κ3) is 5.08. The standard InChI is InChI=1S/C18H24N4O5S/c23-16(20-21-18(25)17(24)19-14-7-8-14)13-5-9-15(10-6-13)28(26,27)22-11-3-1-2-4-12-22/h5-6,9-10,14H,1-4,7-8,11-12H2,(H,19,24)(H,20,23)(H,21,25). The molecule has 9 nitrogen and oxygen atoms in total. The Morgan fingerprint density at radius 2 is 1.46 bits per heavy atom. The van der Waals surface area contributed by atoms with Gasteiger partial charge in [0.1, 0.15) is 0 Å². The molecule has 0 unspecified atom stereocenters. The highest BCUT2D eigenvalue weighted by atomic mass is 32.2. The second-order valence-electron chi connectivity index (χ2n) is 7.00. The van der Waals surface area contributed by atoms with E-state index in [-0.39, 0.29) is 16.5 Å². The number of carbonyl (C=O) groups is 3. The first-order chi connectivity index (χ1) is 13.4. The summed E-state index contributed by atoms with van der Waals surface area (Å²) < 4.78 is 26.9. The number of amides is 3. The fraction of sp³-hybridized carbons (Fsp3) is 0.500. The molecule has 1 aliphatic heterocycles. The summed E-state index contributed by atoms with van der Waals surface area (Å²) in [7, 11) is -3.59. The van der Waals surface area contributed by atoms with Gasteiger partial charge in [0, 0.05) is 24.7 Å². The normalized spacial score (nSPS) is 18.0. The fourth-order valence-corrected chi connectivity index (χ4v) is 4.45. The molecule has 152 valence electrons. The number of benzene rings is 1. The first kappa shape index (κ1) is 20.3. The third-order valence-corrected chi connectivity index (χ3v) is 6.64. The van der Waals surface area contributed by atoms with Crippen molar-refractivity contribution < 1.29 is 22.8 Å². The summed E-state index contributed by atoms with van der Waals surface area (Å²) in [6, 6.07) is 5.52. The highest BCUT2D eigenvalue weighted by molar-refractivity contribution is 7.89. The number of hydrogen-bond acceptors (Lipinski definition) is 5. The number of hydrogen-bond donors (Lipinski definition) is 3. The summed E-state index contributed by atoms with van der Waals surface area (Å²) in [4.78, 5) is 35.4. The van der Waals surface area contributed by atoms with Crippen LogP contribution in [0.3, 0.4) is 0 Å². The Balaban J connectivity index is 1.57. The molecule has 0 bridgehead atoms. The molecule has 2 aliphatic rings. The molecule has 28 heavy (non-hydrogen) atoms. The van der Waals surface area contributed by atoms with Crippen molar-refractivity contribution in [2.24, 2.45) is 0 Å². The van der Waals surface area contributed by atoms with Crippen LogP contribution in [-0.4, -0.2) is 49.6 Å². The zero-order chi connectivity index (χ0) is 20.1. The van der Waals surface area contributed by atoms with Crippen LogP contribution in [0.25, 0.3) is 0 Å². The van der Waals surface area contributed by atoms with E-state index in [2.05, 4.69) is 10.7 Å². The molecule has 1 saturated heterocycles. The summed E-state index contributed by atoms with van der Waals surface area (Å²) in [5.41, 5.74) is 4.35. The van der Waals surface area contributed by atoms with Gasteiger partial charge in [0.2, 0.25) is 10.0 Å². The smallest absolute Gasteiger partial charge is 0.327 e. The first-order valence-corrected chi connectivity index (χ1v) is 10.8. The highest BCUT2D eigenvalue weighted by Crippen LogP contribution is 2.20. The van der Waals surface area contributed by atoms with Gasteiger partial charge in [0.05, 0.1) is 4.90 Å². The van der Waals surface area contributed by atoms with Crippen LogP contribution in [0.15, 0.2) is 29.2 Å². The van der Waals surface area contributed by atoms with Gasteiger partial charge in [-0.05, 0) is 49.9 Å². The van der Waals surface area contributed by atoms with Gasteiger partial charge in [-0.1, -0.05) is 12.8 Å². The number of nitrogens with zero attached hydrogens (tertiary/aromatic N) is 1. The lowest BCUT2D eigenvalue weighted by Crippen LogP contribution is -2.49. The third-order valence-electron chi connectivity index (χ3n) is 4.73. The minimum absolute atomic E-state index is 0.0349. The van der Waals surface area contributed by atoms with E-state index in [1.165, 1.54) is 28.6 Å². The number of hydrazine groups is 1. The van der Waals surface area contributed by atoms with Gasteiger partial charge < -0.3 is 5.32 Å². The van der Waals surface area contributed by atoms with Crippen molar-refractivity contribution in [1.82, 2.24) is 20.5 Å². The predicted molar refractivity (Wildman–Crippen MR) is 100 cm³/mol. The molecule has 10 heteroatoms. The summed E-state index contributed by atoms with van der Waals surface area (Å²) in [5.74, 6) is -2.41. The van der Waals surface area contributed by atoms with Crippen LogP contribution < -0.4 is 16.2 Å². The van der Waals surface area contributed by atoms with Crippen molar-refractivity contribution in [2.45, 2.75) is 49.5 Å². The van der Waals surface area contributed by atoms with E-state index in [4.69, 9.17) is 0 Å². The monoisotopic (exact) mass is 408 g/mol. The number of nitrogens with one attached hydrogen (secondary N) is 3. The molecule has 0 atom stereocenters. The Labute approximate surface area is 163 Å². The predicted octanol–water partition coefficient (Wildman–Crippen LogP) is 0.291. The Morgan fingerprint density at radius 1 is 0.857 bits per heavy atom. The van der Waals surface area contributed by atoms with Gasteiger partial charge in [-0.3, -0.25) is 25.2 Å². The maximum atomic E-state index is 12.7. The topological polar surface area (TPSA) is 125 Å². The Bertz CT molecular complexity index is 841. The van der Waals surface area contributed by atoms with Crippen molar-refractivity contribution in [3.05, 3.63) is 29.8 Å². The maximum absolute atomic E-state index is 12.7. The van der Waals surface area contributed by atoms with Gasteiger partial charge >= 0.3 is 11.8 Å². The minimum atomic E-state index is -3.59. The number of rotatable bonds is 4. The van der Waals surface area contributed by atoms with Gasteiger partial charge in [-0.25, -0.2) is 8.42 Å². The largest absolute Gasteiger partial charge is 0.345 e. The van der Waals surface area contributed by atoms with Crippen LogP contribution in [0.4, 0.5) is 0 Å². The lowest BCUT2D eigenvalue weighted by Gasteiger charge is -2.20. The fourth-order valence-electron chi connectivity index (χ4n) is 2.93. The van der Waals surface area contributed by atoms with Crippen molar-refractivity contribution >= 4 is 27.7 Å². The molecule has 3 rings (SSSR count). The Hall–Kier alpha value is -2.46. The van der Waals surface area contributed by atoms with E-state index in [9.17, 15) is 22.8 Å². The van der Waals surface area contributed by atoms with E-state index >= 15 is 0 Å².